The fraction of sp³-hybridized carbons (Fsp3) is 0.421. The number of furan rings is 1. The van der Waals surface area contributed by atoms with E-state index in [0.29, 0.717) is 24.4 Å². The molecule has 2 aromatic rings. The lowest BCUT2D eigenvalue weighted by Gasteiger charge is -2.34. The monoisotopic (exact) mass is 376 g/mol. The van der Waals surface area contributed by atoms with Gasteiger partial charge < -0.3 is 9.73 Å². The number of nitrogens with one attached hydrogen (secondary N) is 1. The lowest BCUT2D eigenvalue weighted by atomic mass is 10.0. The minimum atomic E-state index is -3.52. The molecule has 6 nitrogen and oxygen atoms in total. The first kappa shape index (κ1) is 18.7. The topological polar surface area (TPSA) is 79.6 Å². The minimum Gasteiger partial charge on any atom is -0.459 e. The van der Waals surface area contributed by atoms with Crippen molar-refractivity contribution in [3.63, 3.8) is 0 Å². The van der Waals surface area contributed by atoms with Crippen LogP contribution >= 0.6 is 0 Å². The summed E-state index contributed by atoms with van der Waals surface area (Å²) in [4.78, 5) is 12.3. The second-order valence-corrected chi connectivity index (χ2v) is 8.49. The molecular weight excluding hydrogens is 352 g/mol. The van der Waals surface area contributed by atoms with Crippen LogP contribution in [0.2, 0.25) is 0 Å². The first-order chi connectivity index (χ1) is 12.5. The van der Waals surface area contributed by atoms with Gasteiger partial charge in [0.15, 0.2) is 5.76 Å². The average molecular weight is 376 g/mol. The second kappa shape index (κ2) is 8.05. The molecule has 0 saturated carbocycles. The van der Waals surface area contributed by atoms with Gasteiger partial charge in [-0.05, 0) is 50.5 Å². The number of hydrogen-bond donors (Lipinski definition) is 1. The maximum atomic E-state index is 13.0. The molecular formula is C19H24N2O4S. The summed E-state index contributed by atoms with van der Waals surface area (Å²) in [7, 11) is -3.52. The van der Waals surface area contributed by atoms with Crippen molar-refractivity contribution in [1.29, 1.82) is 0 Å². The van der Waals surface area contributed by atoms with Crippen LogP contribution in [0, 0.1) is 6.92 Å². The van der Waals surface area contributed by atoms with E-state index in [1.165, 1.54) is 6.26 Å². The van der Waals surface area contributed by atoms with Crippen molar-refractivity contribution >= 4 is 15.9 Å². The molecule has 2 heterocycles. The third-order valence-corrected chi connectivity index (χ3v) is 6.67. The molecule has 26 heavy (non-hydrogen) atoms. The highest BCUT2D eigenvalue weighted by atomic mass is 32.2. The summed E-state index contributed by atoms with van der Waals surface area (Å²) < 4.78 is 32.7. The molecule has 1 atom stereocenters. The number of rotatable bonds is 6. The van der Waals surface area contributed by atoms with E-state index in [9.17, 15) is 13.2 Å². The number of amides is 1. The van der Waals surface area contributed by atoms with Crippen molar-refractivity contribution in [2.45, 2.75) is 43.5 Å². The second-order valence-electron chi connectivity index (χ2n) is 6.60. The predicted molar refractivity (Wildman–Crippen MR) is 98.4 cm³/mol. The summed E-state index contributed by atoms with van der Waals surface area (Å²) in [6.45, 7) is 2.86. The van der Waals surface area contributed by atoms with Crippen LogP contribution in [-0.2, 0) is 10.0 Å². The maximum absolute atomic E-state index is 13.0. The van der Waals surface area contributed by atoms with Crippen LogP contribution < -0.4 is 5.32 Å². The van der Waals surface area contributed by atoms with Gasteiger partial charge in [0.1, 0.15) is 0 Å². The molecule has 1 aromatic carbocycles. The van der Waals surface area contributed by atoms with Gasteiger partial charge in [-0.25, -0.2) is 8.42 Å². The molecule has 3 rings (SSSR count). The van der Waals surface area contributed by atoms with E-state index in [1.54, 1.807) is 28.6 Å². The Kier molecular flexibility index (Phi) is 5.78. The number of sulfonamides is 1. The van der Waals surface area contributed by atoms with E-state index in [1.807, 2.05) is 19.1 Å². The Bertz CT molecular complexity index is 829. The summed E-state index contributed by atoms with van der Waals surface area (Å²) in [6.07, 6.45) is 4.70. The Hall–Kier alpha value is -2.12. The SMILES string of the molecule is Cc1ccc(S(=O)(=O)N2CCCCC2CCNC(=O)c2ccco2)cc1. The normalized spacial score (nSPS) is 18.6. The fourth-order valence-electron chi connectivity index (χ4n) is 3.27. The molecule has 1 fully saturated rings. The van der Waals surface area contributed by atoms with Gasteiger partial charge in [-0.2, -0.15) is 4.31 Å². The molecule has 0 bridgehead atoms. The van der Waals surface area contributed by atoms with E-state index in [2.05, 4.69) is 5.32 Å². The van der Waals surface area contributed by atoms with Crippen molar-refractivity contribution in [2.24, 2.45) is 0 Å². The standard InChI is InChI=1S/C19H24N2O4S/c1-15-7-9-17(10-8-15)26(23,24)21-13-3-2-5-16(21)11-12-20-19(22)18-6-4-14-25-18/h4,6-10,14,16H,2-3,5,11-13H2,1H3,(H,20,22). The molecule has 1 amide bonds. The molecule has 0 radical (unpaired) electrons. The number of benzene rings is 1. The number of carbonyl (C=O) groups is 1. The van der Waals surface area contributed by atoms with Crippen LogP contribution in [0.5, 0.6) is 0 Å². The van der Waals surface area contributed by atoms with Gasteiger partial charge in [-0.15, -0.1) is 0 Å². The Morgan fingerprint density at radius 3 is 2.69 bits per heavy atom. The van der Waals surface area contributed by atoms with Crippen LogP contribution in [0.15, 0.2) is 52.0 Å². The van der Waals surface area contributed by atoms with Gasteiger partial charge in [0.25, 0.3) is 5.91 Å². The molecule has 0 spiro atoms. The molecule has 7 heteroatoms. The van der Waals surface area contributed by atoms with E-state index in [4.69, 9.17) is 4.42 Å². The summed E-state index contributed by atoms with van der Waals surface area (Å²) in [5, 5.41) is 2.80. The van der Waals surface area contributed by atoms with Crippen LogP contribution in [0.25, 0.3) is 0 Å². The number of aryl methyl sites for hydroxylation is 1. The number of carbonyl (C=O) groups excluding carboxylic acids is 1. The Balaban J connectivity index is 1.65. The van der Waals surface area contributed by atoms with Crippen molar-refractivity contribution in [1.82, 2.24) is 9.62 Å². The molecule has 140 valence electrons. The van der Waals surface area contributed by atoms with E-state index in [-0.39, 0.29) is 17.7 Å². The molecule has 1 unspecified atom stereocenters. The van der Waals surface area contributed by atoms with E-state index >= 15 is 0 Å². The van der Waals surface area contributed by atoms with Gasteiger partial charge in [0.2, 0.25) is 10.0 Å². The predicted octanol–water partition coefficient (Wildman–Crippen LogP) is 2.95. The number of nitrogens with zero attached hydrogens (tertiary/aromatic N) is 1. The van der Waals surface area contributed by atoms with Gasteiger partial charge >= 0.3 is 0 Å². The van der Waals surface area contributed by atoms with Crippen LogP contribution in [-0.4, -0.2) is 37.8 Å². The molecule has 1 N–H and O–H groups in total. The highest BCUT2D eigenvalue weighted by Crippen LogP contribution is 2.27. The first-order valence-corrected chi connectivity index (χ1v) is 10.3. The smallest absolute Gasteiger partial charge is 0.286 e. The Labute approximate surface area is 154 Å². The maximum Gasteiger partial charge on any atom is 0.286 e. The highest BCUT2D eigenvalue weighted by Gasteiger charge is 2.33. The molecule has 1 saturated heterocycles. The molecule has 1 aliphatic heterocycles. The molecule has 0 aliphatic carbocycles. The van der Waals surface area contributed by atoms with Crippen LogP contribution in [0.4, 0.5) is 0 Å². The number of piperidine rings is 1. The molecule has 1 aromatic heterocycles. The van der Waals surface area contributed by atoms with Gasteiger partial charge in [0, 0.05) is 19.1 Å². The lowest BCUT2D eigenvalue weighted by Crippen LogP contribution is -2.45. The highest BCUT2D eigenvalue weighted by molar-refractivity contribution is 7.89. The Morgan fingerprint density at radius 2 is 2.00 bits per heavy atom. The van der Waals surface area contributed by atoms with E-state index < -0.39 is 10.0 Å². The van der Waals surface area contributed by atoms with Crippen molar-refractivity contribution in [3.8, 4) is 0 Å². The third kappa shape index (κ3) is 4.16. The molecule has 1 aliphatic rings. The van der Waals surface area contributed by atoms with Gasteiger partial charge in [-0.3, -0.25) is 4.79 Å². The zero-order valence-electron chi connectivity index (χ0n) is 14.8. The van der Waals surface area contributed by atoms with Gasteiger partial charge in [-0.1, -0.05) is 24.1 Å². The lowest BCUT2D eigenvalue weighted by molar-refractivity contribution is 0.0922. The fourth-order valence-corrected chi connectivity index (χ4v) is 5.00. The third-order valence-electron chi connectivity index (χ3n) is 4.71. The zero-order valence-corrected chi connectivity index (χ0v) is 15.7. The minimum absolute atomic E-state index is 0.105. The van der Waals surface area contributed by atoms with Gasteiger partial charge in [0.05, 0.1) is 11.2 Å². The average Bonchev–Trinajstić information content (AvgIpc) is 3.17. The quantitative estimate of drug-likeness (QED) is 0.841. The van der Waals surface area contributed by atoms with Crippen molar-refractivity contribution in [3.05, 3.63) is 54.0 Å². The van der Waals surface area contributed by atoms with Crippen molar-refractivity contribution < 1.29 is 17.6 Å². The summed E-state index contributed by atoms with van der Waals surface area (Å²) >= 11 is 0. The largest absolute Gasteiger partial charge is 0.459 e. The summed E-state index contributed by atoms with van der Waals surface area (Å²) in [5.74, 6) is -0.0171. The van der Waals surface area contributed by atoms with E-state index in [0.717, 1.165) is 24.8 Å². The number of hydrogen-bond acceptors (Lipinski definition) is 4. The summed E-state index contributed by atoms with van der Waals surface area (Å²) in [6, 6.07) is 10.1. The Morgan fingerprint density at radius 1 is 1.23 bits per heavy atom. The summed E-state index contributed by atoms with van der Waals surface area (Å²) in [5.41, 5.74) is 1.03. The van der Waals surface area contributed by atoms with Crippen LogP contribution in [0.1, 0.15) is 41.8 Å². The van der Waals surface area contributed by atoms with Crippen LogP contribution in [0.3, 0.4) is 0 Å². The first-order valence-electron chi connectivity index (χ1n) is 8.89. The zero-order chi connectivity index (χ0) is 18.6. The van der Waals surface area contributed by atoms with Crippen molar-refractivity contribution in [2.75, 3.05) is 13.1 Å².